The number of halogens is 1. The van der Waals surface area contributed by atoms with Crippen molar-refractivity contribution in [3.8, 4) is 5.75 Å². The van der Waals surface area contributed by atoms with Gasteiger partial charge < -0.3 is 19.7 Å². The number of carbonyl (C=O) groups is 4. The van der Waals surface area contributed by atoms with Crippen LogP contribution in [-0.4, -0.2) is 77.1 Å². The van der Waals surface area contributed by atoms with Crippen LogP contribution in [0.3, 0.4) is 0 Å². The zero-order valence-corrected chi connectivity index (χ0v) is 33.5. The Morgan fingerprint density at radius 1 is 1.00 bits per heavy atom. The summed E-state index contributed by atoms with van der Waals surface area (Å²) in [6.45, 7) is 1.69. The molecule has 12 nitrogen and oxygen atoms in total. The predicted molar refractivity (Wildman–Crippen MR) is 208 cm³/mol. The van der Waals surface area contributed by atoms with Crippen molar-refractivity contribution in [3.05, 3.63) is 47.4 Å². The van der Waals surface area contributed by atoms with Gasteiger partial charge in [-0.15, -0.1) is 0 Å². The third-order valence-corrected chi connectivity index (χ3v) is 16.2. The van der Waals surface area contributed by atoms with Gasteiger partial charge in [-0.05, 0) is 109 Å². The second-order valence-electron chi connectivity index (χ2n) is 18.3. The first-order valence-corrected chi connectivity index (χ1v) is 22.6. The van der Waals surface area contributed by atoms with E-state index in [1.807, 2.05) is 18.2 Å². The summed E-state index contributed by atoms with van der Waals surface area (Å²) in [6, 6.07) is 2.97. The number of carbonyl (C=O) groups excluding carboxylic acids is 4. The Hall–Kier alpha value is -4.07. The Morgan fingerprint density at radius 3 is 2.53 bits per heavy atom. The Balaban J connectivity index is 1.06. The molecule has 1 spiro atoms. The summed E-state index contributed by atoms with van der Waals surface area (Å²) in [6.07, 6.45) is 13.9. The van der Waals surface area contributed by atoms with Crippen LogP contribution < -0.4 is 14.8 Å². The molecule has 3 amide bonds. The molecule has 306 valence electrons. The van der Waals surface area contributed by atoms with Crippen molar-refractivity contribution in [1.29, 1.82) is 0 Å². The van der Waals surface area contributed by atoms with E-state index in [1.54, 1.807) is 17.9 Å². The first-order valence-electron chi connectivity index (χ1n) is 21.1. The van der Waals surface area contributed by atoms with E-state index in [1.165, 1.54) is 6.07 Å². The topological polar surface area (TPSA) is 161 Å². The smallest absolute Gasteiger partial charge is 0.408 e. The lowest BCUT2D eigenvalue weighted by Crippen LogP contribution is -2.53. The van der Waals surface area contributed by atoms with Crippen LogP contribution in [0.5, 0.6) is 5.75 Å². The van der Waals surface area contributed by atoms with Crippen molar-refractivity contribution in [3.63, 3.8) is 0 Å². The van der Waals surface area contributed by atoms with Crippen molar-refractivity contribution in [2.45, 2.75) is 157 Å². The molecular weight excluding hydrogens is 752 g/mol. The van der Waals surface area contributed by atoms with Gasteiger partial charge >= 0.3 is 6.09 Å². The molecule has 57 heavy (non-hydrogen) atoms. The number of fused-ring (bicyclic) bond motifs is 5. The van der Waals surface area contributed by atoms with Gasteiger partial charge in [-0.3, -0.25) is 19.1 Å². The minimum Gasteiger partial charge on any atom is -0.483 e. The van der Waals surface area contributed by atoms with Gasteiger partial charge in [0.15, 0.2) is 5.78 Å². The highest BCUT2D eigenvalue weighted by Crippen LogP contribution is 2.58. The Morgan fingerprint density at radius 2 is 1.77 bits per heavy atom. The molecule has 0 radical (unpaired) electrons. The number of allylic oxidation sites excluding steroid dienone is 2. The van der Waals surface area contributed by atoms with Crippen molar-refractivity contribution >= 4 is 44.6 Å². The lowest BCUT2D eigenvalue weighted by Gasteiger charge is -2.37. The molecule has 1 aromatic carbocycles. The number of aryl methyl sites for hydroxylation is 1. The third-order valence-electron chi connectivity index (χ3n) is 14.0. The second kappa shape index (κ2) is 14.3. The van der Waals surface area contributed by atoms with Gasteiger partial charge in [0, 0.05) is 29.7 Å². The van der Waals surface area contributed by atoms with E-state index in [-0.39, 0.29) is 43.1 Å². The molecule has 2 aromatic rings. The van der Waals surface area contributed by atoms with Crippen LogP contribution >= 0.6 is 0 Å². The monoisotopic (exact) mass is 804 g/mol. The molecule has 4 aliphatic carbocycles. The largest absolute Gasteiger partial charge is 0.483 e. The fourth-order valence-corrected chi connectivity index (χ4v) is 11.2. The van der Waals surface area contributed by atoms with E-state index in [2.05, 4.69) is 10.0 Å². The van der Waals surface area contributed by atoms with Gasteiger partial charge in [-0.2, -0.15) is 0 Å². The maximum Gasteiger partial charge on any atom is 0.408 e. The van der Waals surface area contributed by atoms with Crippen molar-refractivity contribution in [2.75, 3.05) is 6.54 Å². The molecule has 0 unspecified atom stereocenters. The number of amides is 3. The number of pyridine rings is 1. The molecule has 5 fully saturated rings. The van der Waals surface area contributed by atoms with Gasteiger partial charge in [0.1, 0.15) is 34.8 Å². The maximum atomic E-state index is 15.1. The molecule has 7 aliphatic rings. The summed E-state index contributed by atoms with van der Waals surface area (Å²) in [5.74, 6) is -1.43. The minimum absolute atomic E-state index is 0.0675. The number of rotatable bonds is 6. The van der Waals surface area contributed by atoms with Gasteiger partial charge in [-0.25, -0.2) is 22.6 Å². The first kappa shape index (κ1) is 38.4. The van der Waals surface area contributed by atoms with E-state index in [4.69, 9.17) is 14.5 Å². The van der Waals surface area contributed by atoms with E-state index >= 15 is 4.39 Å². The molecular formula is C43H53FN4O8S. The zero-order valence-electron chi connectivity index (χ0n) is 32.7. The van der Waals surface area contributed by atoms with Crippen molar-refractivity contribution < 1.29 is 41.5 Å². The number of ketones is 1. The molecule has 4 saturated carbocycles. The number of alkyl carbamates (subject to hydrolysis) is 1. The van der Waals surface area contributed by atoms with Crippen LogP contribution in [0.2, 0.25) is 0 Å². The predicted octanol–water partition coefficient (Wildman–Crippen LogP) is 6.44. The normalized spacial score (nSPS) is 32.0. The molecule has 4 heterocycles. The summed E-state index contributed by atoms with van der Waals surface area (Å²) in [5, 5.41) is 3.56. The first-order chi connectivity index (χ1) is 27.3. The van der Waals surface area contributed by atoms with Gasteiger partial charge in [-0.1, -0.05) is 37.1 Å². The van der Waals surface area contributed by atoms with Gasteiger partial charge in [0.25, 0.3) is 0 Å². The number of Topliss-reactive ketones (excluding diaryl/α,β-unsaturated/α-hetero) is 1. The van der Waals surface area contributed by atoms with E-state index in [0.29, 0.717) is 67.3 Å². The van der Waals surface area contributed by atoms with Crippen molar-refractivity contribution in [2.24, 2.45) is 11.3 Å². The standard InChI is InChI=1S/C43H53FN4O8S/c1-41(20-21-41)57(53,54)47-39(51)43-22-27(43)10-5-3-2-4-6-15-32(45-40(52)55-28-11-7-8-12-28)38(50)48-25-42(23-33(48)34(49)24-43)19-18-30-29-13-9-14-31(44)36(29)46-35(26-16-17-26)37(30)56-42/h5,9-10,13-14,26-28,32-33H,2-4,6-8,11-12,15-25H2,1H3,(H,45,52)(H,47,51)/b10-5-/t27-,32-,33+,42-,43-/m1/s1. The van der Waals surface area contributed by atoms with E-state index in [0.717, 1.165) is 63.4 Å². The van der Waals surface area contributed by atoms with E-state index < -0.39 is 61.6 Å². The number of sulfonamides is 1. The average molecular weight is 805 g/mol. The Labute approximate surface area is 333 Å². The number of para-hydroxylation sites is 1. The van der Waals surface area contributed by atoms with Gasteiger partial charge in [0.05, 0.1) is 28.4 Å². The molecule has 5 atom stereocenters. The molecule has 9 rings (SSSR count). The highest BCUT2D eigenvalue weighted by molar-refractivity contribution is 7.91. The van der Waals surface area contributed by atoms with Crippen LogP contribution in [-0.2, 0) is 35.6 Å². The summed E-state index contributed by atoms with van der Waals surface area (Å²) in [7, 11) is -3.96. The fraction of sp³-hybridized carbons (Fsp3) is 0.651. The van der Waals surface area contributed by atoms with Crippen molar-refractivity contribution in [1.82, 2.24) is 19.9 Å². The minimum atomic E-state index is -3.96. The third kappa shape index (κ3) is 7.22. The SMILES string of the molecule is CC1(S(=O)(=O)NC(=O)[C@]23CC(=O)[C@@H]4C[C@]5(CCc6c(c(C7CC7)nc7c(F)cccc67)O5)CN4C(=O)[C@H](NC(=O)OC4CCCC4)CCCCC/C=C\[C@@H]2C3)CC1. The average Bonchev–Trinajstić information content (AvgIpc) is 4.14. The number of nitrogens with one attached hydrogen (secondary N) is 2. The summed E-state index contributed by atoms with van der Waals surface area (Å²) >= 11 is 0. The number of ether oxygens (including phenoxy) is 2. The zero-order chi connectivity index (χ0) is 39.7. The molecule has 3 aliphatic heterocycles. The molecule has 1 aromatic heterocycles. The number of hydrogen-bond donors (Lipinski definition) is 2. The molecule has 14 heteroatoms. The fourth-order valence-electron chi connectivity index (χ4n) is 9.85. The Bertz CT molecular complexity index is 2150. The summed E-state index contributed by atoms with van der Waals surface area (Å²) in [4.78, 5) is 63.4. The van der Waals surface area contributed by atoms with Gasteiger partial charge in [0.2, 0.25) is 21.8 Å². The van der Waals surface area contributed by atoms with E-state index in [9.17, 15) is 27.6 Å². The summed E-state index contributed by atoms with van der Waals surface area (Å²) < 4.78 is 55.7. The highest BCUT2D eigenvalue weighted by atomic mass is 32.2. The van der Waals surface area contributed by atoms with Crippen LogP contribution in [0.4, 0.5) is 9.18 Å². The Kier molecular flexibility index (Phi) is 9.67. The summed E-state index contributed by atoms with van der Waals surface area (Å²) in [5.41, 5.74) is -0.373. The maximum absolute atomic E-state index is 15.1. The van der Waals surface area contributed by atoms with Crippen LogP contribution in [0.1, 0.15) is 133 Å². The van der Waals surface area contributed by atoms with Crippen LogP contribution in [0.15, 0.2) is 30.4 Å². The molecule has 0 bridgehead atoms. The number of hydrogen-bond acceptors (Lipinski definition) is 9. The number of nitrogens with zero attached hydrogens (tertiary/aromatic N) is 2. The second-order valence-corrected chi connectivity index (χ2v) is 20.5. The lowest BCUT2D eigenvalue weighted by molar-refractivity contribution is -0.140. The highest BCUT2D eigenvalue weighted by Gasteiger charge is 2.63. The van der Waals surface area contributed by atoms with Crippen LogP contribution in [0, 0.1) is 17.2 Å². The number of benzene rings is 1. The number of aromatic nitrogens is 1. The quantitative estimate of drug-likeness (QED) is 0.314. The van der Waals surface area contributed by atoms with Crippen LogP contribution in [0.25, 0.3) is 10.9 Å². The molecule has 2 N–H and O–H groups in total. The molecule has 1 saturated heterocycles. The lowest BCUT2D eigenvalue weighted by atomic mass is 9.85.